The van der Waals surface area contributed by atoms with Crippen molar-refractivity contribution in [3.63, 3.8) is 0 Å². The van der Waals surface area contributed by atoms with E-state index in [1.54, 1.807) is 0 Å². The van der Waals surface area contributed by atoms with Crippen LogP contribution in [0, 0.1) is 0 Å². The molecule has 0 heterocycles. The summed E-state index contributed by atoms with van der Waals surface area (Å²) in [4.78, 5) is 0. The molecule has 48 heavy (non-hydrogen) atoms. The van der Waals surface area contributed by atoms with Gasteiger partial charge in [0.1, 0.15) is 0 Å². The Kier molecular flexibility index (Phi) is 7.56. The van der Waals surface area contributed by atoms with Gasteiger partial charge in [0.05, 0.1) is 0 Å². The Balaban J connectivity index is 1.36. The first-order valence-corrected chi connectivity index (χ1v) is 35.3. The predicted octanol–water partition coefficient (Wildman–Crippen LogP) is 13.4. The van der Waals surface area contributed by atoms with E-state index in [4.69, 9.17) is 17.0 Å². The number of fused-ring (bicyclic) bond motifs is 4. The third kappa shape index (κ3) is 4.49. The molecule has 0 radical (unpaired) electrons. The Morgan fingerprint density at radius 2 is 0.917 bits per heavy atom. The van der Waals surface area contributed by atoms with Gasteiger partial charge in [-0.2, -0.15) is 0 Å². The van der Waals surface area contributed by atoms with Crippen LogP contribution in [0.25, 0.3) is 56.0 Å². The minimum absolute atomic E-state index is 0.0524. The fourth-order valence-corrected chi connectivity index (χ4v) is 63.8. The van der Waals surface area contributed by atoms with E-state index in [1.165, 1.54) is 77.2 Å². The normalized spacial score (nSPS) is 18.9. The van der Waals surface area contributed by atoms with E-state index >= 15 is 0 Å². The SMILES string of the molecule is CC[SiH2][Zr]([Cl])([Cl])([CH2]C)([CH]1C(C)=Cc2c(-c3cccc4ccccc34)cccc21)[CH]1C(C)=Cc2c(-c3cccc4ccccc34)cccc21. The number of hydrogen-bond donors (Lipinski definition) is 0. The summed E-state index contributed by atoms with van der Waals surface area (Å²) in [6, 6.07) is 45.6. The quantitative estimate of drug-likeness (QED) is 0.142. The summed E-state index contributed by atoms with van der Waals surface area (Å²) in [6.45, 7) is 8.37. The van der Waals surface area contributed by atoms with Gasteiger partial charge in [0.15, 0.2) is 0 Å². The van der Waals surface area contributed by atoms with Crippen molar-refractivity contribution < 1.29 is 14.1 Å². The molecular formula is C44H42Cl2SiZr. The summed E-state index contributed by atoms with van der Waals surface area (Å²) in [5, 5.41) is 5.08. The number of halogens is 2. The monoisotopic (exact) mass is 758 g/mol. The van der Waals surface area contributed by atoms with Crippen LogP contribution in [0.3, 0.4) is 0 Å². The molecule has 6 aromatic rings. The third-order valence-electron chi connectivity index (χ3n) is 12.1. The number of benzene rings is 6. The molecule has 2 unspecified atom stereocenters. The molecule has 240 valence electrons. The van der Waals surface area contributed by atoms with Crippen molar-refractivity contribution in [1.82, 2.24) is 0 Å². The maximum atomic E-state index is 8.93. The third-order valence-corrected chi connectivity index (χ3v) is 66.2. The summed E-state index contributed by atoms with van der Waals surface area (Å²) >= 11 is -5.39. The maximum absolute atomic E-state index is 8.93. The zero-order chi connectivity index (χ0) is 33.3. The number of hydrogen-bond acceptors (Lipinski definition) is 0. The summed E-state index contributed by atoms with van der Waals surface area (Å²) in [6.07, 6.45) is 4.88. The Bertz CT molecular complexity index is 2200. The van der Waals surface area contributed by atoms with Gasteiger partial charge < -0.3 is 0 Å². The van der Waals surface area contributed by atoms with Gasteiger partial charge in [-0.1, -0.05) is 0 Å². The van der Waals surface area contributed by atoms with Crippen molar-refractivity contribution in [3.05, 3.63) is 155 Å². The van der Waals surface area contributed by atoms with E-state index in [0.717, 1.165) is 10.2 Å². The second-order valence-corrected chi connectivity index (χ2v) is 67.8. The van der Waals surface area contributed by atoms with Gasteiger partial charge in [-0.25, -0.2) is 0 Å². The van der Waals surface area contributed by atoms with Crippen molar-refractivity contribution >= 4 is 57.4 Å². The molecule has 0 N–H and O–H groups in total. The van der Waals surface area contributed by atoms with Crippen LogP contribution >= 0.6 is 17.0 Å². The first-order chi connectivity index (χ1) is 23.1. The summed E-state index contributed by atoms with van der Waals surface area (Å²) in [5.74, 6) is 0. The molecule has 8 rings (SSSR count). The van der Waals surface area contributed by atoms with Crippen LogP contribution in [-0.4, -0.2) is 6.65 Å². The van der Waals surface area contributed by atoms with E-state index in [0.29, 0.717) is 0 Å². The van der Waals surface area contributed by atoms with Crippen LogP contribution < -0.4 is 0 Å². The fourth-order valence-electron chi connectivity index (χ4n) is 10.3. The minimum atomic E-state index is -5.39. The molecule has 0 bridgehead atoms. The average molecular weight is 761 g/mol. The molecule has 2 atom stereocenters. The molecule has 0 aromatic heterocycles. The van der Waals surface area contributed by atoms with Crippen LogP contribution in [0.1, 0.15) is 57.2 Å². The van der Waals surface area contributed by atoms with E-state index in [1.807, 2.05) is 0 Å². The second kappa shape index (κ2) is 11.3. The van der Waals surface area contributed by atoms with Crippen LogP contribution in [0.5, 0.6) is 0 Å². The first kappa shape index (κ1) is 32.2. The van der Waals surface area contributed by atoms with E-state index in [-0.39, 0.29) is 7.25 Å². The Labute approximate surface area is 291 Å². The van der Waals surface area contributed by atoms with Crippen molar-refractivity contribution in [2.75, 3.05) is 0 Å². The van der Waals surface area contributed by atoms with Gasteiger partial charge in [-0.3, -0.25) is 0 Å². The van der Waals surface area contributed by atoms with Crippen LogP contribution in [-0.2, 0) is 14.1 Å². The zero-order valence-corrected chi connectivity index (χ0v) is 33.6. The van der Waals surface area contributed by atoms with Crippen LogP contribution in [0.2, 0.25) is 10.2 Å². The molecule has 0 nitrogen and oxygen atoms in total. The van der Waals surface area contributed by atoms with Gasteiger partial charge in [0.25, 0.3) is 0 Å². The van der Waals surface area contributed by atoms with Crippen LogP contribution in [0.15, 0.2) is 132 Å². The molecule has 0 fully saturated rings. The average Bonchev–Trinajstić information content (AvgIpc) is 3.65. The molecule has 0 saturated carbocycles. The van der Waals surface area contributed by atoms with Gasteiger partial charge in [-0.15, -0.1) is 0 Å². The Hall–Kier alpha value is -3.00. The summed E-state index contributed by atoms with van der Waals surface area (Å²) < 4.78 is 0.958. The van der Waals surface area contributed by atoms with E-state index in [2.05, 4.69) is 161 Å². The van der Waals surface area contributed by atoms with Crippen LogP contribution in [0.4, 0.5) is 0 Å². The standard InChI is InChI=1S/2C20H15.C2H7Si.C2H5.2ClH.Zr/c2*1-14-12-16-8-5-11-19(20(16)13-14)18-10-4-7-15-6-2-3-9-17(15)18;1-2-3;1-2;;;/h2*2-13H,1H3;2-3H2,1H3;1H2,2H3;2*1H;/q;;;;;;+2/p-2. The van der Waals surface area contributed by atoms with Gasteiger partial charge in [0.2, 0.25) is 0 Å². The van der Waals surface area contributed by atoms with Gasteiger partial charge in [-0.05, 0) is 0 Å². The van der Waals surface area contributed by atoms with Gasteiger partial charge >= 0.3 is 294 Å². The summed E-state index contributed by atoms with van der Waals surface area (Å²) in [7, 11) is 17.9. The molecule has 2 aliphatic rings. The van der Waals surface area contributed by atoms with Crippen molar-refractivity contribution in [1.29, 1.82) is 0 Å². The van der Waals surface area contributed by atoms with E-state index in [9.17, 15) is 0 Å². The van der Waals surface area contributed by atoms with Gasteiger partial charge in [0, 0.05) is 0 Å². The zero-order valence-electron chi connectivity index (χ0n) is 28.2. The molecule has 0 aliphatic heterocycles. The molecular weight excluding hydrogens is 719 g/mol. The van der Waals surface area contributed by atoms with Crippen molar-refractivity contribution in [2.45, 2.75) is 45.1 Å². The molecule has 0 amide bonds. The summed E-state index contributed by atoms with van der Waals surface area (Å²) in [5.41, 5.74) is 13.1. The molecule has 4 heteroatoms. The molecule has 0 spiro atoms. The Morgan fingerprint density at radius 3 is 1.35 bits per heavy atom. The molecule has 6 aromatic carbocycles. The second-order valence-electron chi connectivity index (χ2n) is 14.7. The Morgan fingerprint density at radius 1 is 0.521 bits per heavy atom. The van der Waals surface area contributed by atoms with E-state index < -0.39 is 20.7 Å². The topological polar surface area (TPSA) is 0 Å². The van der Waals surface area contributed by atoms with Crippen molar-refractivity contribution in [3.8, 4) is 22.3 Å². The molecule has 2 aliphatic carbocycles. The predicted molar refractivity (Wildman–Crippen MR) is 213 cm³/mol. The number of rotatable bonds is 7. The number of allylic oxidation sites excluding steroid dienone is 2. The fraction of sp³-hybridized carbons (Fsp3) is 0.182. The molecule has 0 saturated heterocycles. The first-order valence-electron chi connectivity index (χ1n) is 17.5. The van der Waals surface area contributed by atoms with Crippen molar-refractivity contribution in [2.24, 2.45) is 0 Å².